The van der Waals surface area contributed by atoms with E-state index in [0.29, 0.717) is 0 Å². The Bertz CT molecular complexity index is 1150. The second kappa shape index (κ2) is 10.3. The average molecular weight is 462 g/mol. The predicted molar refractivity (Wildman–Crippen MR) is 140 cm³/mol. The maximum Gasteiger partial charge on any atom is 0.318 e. The number of piperidine rings is 1. The molecule has 0 spiro atoms. The minimum atomic E-state index is -0.471. The van der Waals surface area contributed by atoms with Gasteiger partial charge in [-0.15, -0.1) is 0 Å². The number of esters is 1. The molecule has 5 rings (SSSR count). The molecule has 1 saturated heterocycles. The molecule has 0 amide bonds. The topological polar surface area (TPSA) is 29.5 Å². The van der Waals surface area contributed by atoms with E-state index in [9.17, 15) is 4.79 Å². The van der Waals surface area contributed by atoms with Crippen molar-refractivity contribution in [3.05, 3.63) is 144 Å². The zero-order chi connectivity index (χ0) is 24.1. The SMILES string of the molecule is CN1CCC(OC(=O)C(c2ccccc2)c2ccccc2)C(c2ccccc2)(c2ccccc2)C1. The average Bonchev–Trinajstić information content (AvgIpc) is 2.92. The molecule has 1 heterocycles. The molecule has 0 radical (unpaired) electrons. The summed E-state index contributed by atoms with van der Waals surface area (Å²) in [6.07, 6.45) is 0.480. The third kappa shape index (κ3) is 4.65. The van der Waals surface area contributed by atoms with Crippen molar-refractivity contribution in [2.75, 3.05) is 20.1 Å². The number of rotatable bonds is 6. The fourth-order valence-electron chi connectivity index (χ4n) is 5.51. The number of carbonyl (C=O) groups excluding carboxylic acids is 1. The molecule has 0 N–H and O–H groups in total. The van der Waals surface area contributed by atoms with Crippen LogP contribution < -0.4 is 0 Å². The monoisotopic (exact) mass is 461 g/mol. The van der Waals surface area contributed by atoms with Gasteiger partial charge in [0, 0.05) is 13.1 Å². The Labute approximate surface area is 208 Å². The molecule has 176 valence electrons. The molecular formula is C32H31NO2. The minimum absolute atomic E-state index is 0.201. The fraction of sp³-hybridized carbons (Fsp3) is 0.219. The van der Waals surface area contributed by atoms with Crippen LogP contribution in [0.5, 0.6) is 0 Å². The van der Waals surface area contributed by atoms with Crippen LogP contribution in [-0.2, 0) is 14.9 Å². The lowest BCUT2D eigenvalue weighted by Gasteiger charge is -2.47. The highest BCUT2D eigenvalue weighted by molar-refractivity contribution is 5.82. The maximum absolute atomic E-state index is 14.0. The predicted octanol–water partition coefficient (Wildman–Crippen LogP) is 6.05. The highest BCUT2D eigenvalue weighted by atomic mass is 16.5. The van der Waals surface area contributed by atoms with Crippen molar-refractivity contribution in [1.82, 2.24) is 4.90 Å². The Morgan fingerprint density at radius 2 is 1.17 bits per heavy atom. The summed E-state index contributed by atoms with van der Waals surface area (Å²) in [4.78, 5) is 16.4. The highest BCUT2D eigenvalue weighted by Crippen LogP contribution is 2.42. The van der Waals surface area contributed by atoms with Gasteiger partial charge in [0.1, 0.15) is 12.0 Å². The number of likely N-dealkylation sites (N-methyl/N-ethyl adjacent to an activating group) is 1. The van der Waals surface area contributed by atoms with Gasteiger partial charge in [0.15, 0.2) is 0 Å². The highest BCUT2D eigenvalue weighted by Gasteiger charge is 2.48. The second-order valence-electron chi connectivity index (χ2n) is 9.41. The zero-order valence-electron chi connectivity index (χ0n) is 20.1. The first-order chi connectivity index (χ1) is 17.2. The van der Waals surface area contributed by atoms with Crippen LogP contribution in [0.2, 0.25) is 0 Å². The van der Waals surface area contributed by atoms with Gasteiger partial charge in [-0.2, -0.15) is 0 Å². The first kappa shape index (κ1) is 23.1. The van der Waals surface area contributed by atoms with Crippen LogP contribution in [0.4, 0.5) is 0 Å². The van der Waals surface area contributed by atoms with E-state index in [-0.39, 0.29) is 12.1 Å². The van der Waals surface area contributed by atoms with Crippen LogP contribution in [0.15, 0.2) is 121 Å². The lowest BCUT2D eigenvalue weighted by molar-refractivity contribution is -0.155. The molecule has 0 saturated carbocycles. The third-order valence-corrected chi connectivity index (χ3v) is 7.18. The quantitative estimate of drug-likeness (QED) is 0.327. The number of hydrogen-bond donors (Lipinski definition) is 0. The summed E-state index contributed by atoms with van der Waals surface area (Å²) in [5.41, 5.74) is 3.78. The van der Waals surface area contributed by atoms with E-state index in [2.05, 4.69) is 60.5 Å². The van der Waals surface area contributed by atoms with Crippen molar-refractivity contribution in [3.8, 4) is 0 Å². The molecule has 3 nitrogen and oxygen atoms in total. The Morgan fingerprint density at radius 3 is 1.63 bits per heavy atom. The second-order valence-corrected chi connectivity index (χ2v) is 9.41. The van der Waals surface area contributed by atoms with Gasteiger partial charge < -0.3 is 9.64 Å². The third-order valence-electron chi connectivity index (χ3n) is 7.18. The number of ether oxygens (including phenoxy) is 1. The summed E-state index contributed by atoms with van der Waals surface area (Å²) in [6, 6.07) is 40.9. The number of hydrogen-bond acceptors (Lipinski definition) is 3. The van der Waals surface area contributed by atoms with Crippen LogP contribution in [0.1, 0.15) is 34.6 Å². The summed E-state index contributed by atoms with van der Waals surface area (Å²) in [6.45, 7) is 1.65. The lowest BCUT2D eigenvalue weighted by atomic mass is 9.67. The van der Waals surface area contributed by atoms with Gasteiger partial charge in [-0.3, -0.25) is 4.79 Å². The number of carbonyl (C=O) groups is 1. The molecule has 1 unspecified atom stereocenters. The molecule has 1 fully saturated rings. The first-order valence-electron chi connectivity index (χ1n) is 12.3. The summed E-state index contributed by atoms with van der Waals surface area (Å²) >= 11 is 0. The van der Waals surface area contributed by atoms with E-state index in [4.69, 9.17) is 4.74 Å². The van der Waals surface area contributed by atoms with E-state index in [1.165, 1.54) is 11.1 Å². The molecule has 1 atom stereocenters. The number of nitrogens with zero attached hydrogens (tertiary/aromatic N) is 1. The van der Waals surface area contributed by atoms with Crippen molar-refractivity contribution < 1.29 is 9.53 Å². The van der Waals surface area contributed by atoms with Gasteiger partial charge in [0.05, 0.1) is 5.41 Å². The van der Waals surface area contributed by atoms with Crippen molar-refractivity contribution in [2.45, 2.75) is 23.9 Å². The van der Waals surface area contributed by atoms with Crippen LogP contribution in [0.25, 0.3) is 0 Å². The van der Waals surface area contributed by atoms with Gasteiger partial charge in [-0.05, 0) is 35.7 Å². The van der Waals surface area contributed by atoms with Gasteiger partial charge in [0.25, 0.3) is 0 Å². The summed E-state index contributed by atoms with van der Waals surface area (Å²) in [5, 5.41) is 0. The largest absolute Gasteiger partial charge is 0.460 e. The van der Waals surface area contributed by atoms with Gasteiger partial charge in [-0.1, -0.05) is 121 Å². The van der Waals surface area contributed by atoms with Crippen molar-refractivity contribution in [1.29, 1.82) is 0 Å². The Balaban J connectivity index is 1.58. The Kier molecular flexibility index (Phi) is 6.78. The molecule has 0 bridgehead atoms. The van der Waals surface area contributed by atoms with Crippen molar-refractivity contribution in [3.63, 3.8) is 0 Å². The van der Waals surface area contributed by atoms with Gasteiger partial charge >= 0.3 is 5.97 Å². The molecular weight excluding hydrogens is 430 g/mol. The minimum Gasteiger partial charge on any atom is -0.460 e. The lowest BCUT2D eigenvalue weighted by Crippen LogP contribution is -2.56. The molecule has 1 aliphatic heterocycles. The van der Waals surface area contributed by atoms with Crippen molar-refractivity contribution >= 4 is 5.97 Å². The van der Waals surface area contributed by atoms with Crippen molar-refractivity contribution in [2.24, 2.45) is 0 Å². The normalized spacial score (nSPS) is 17.7. The molecule has 4 aromatic rings. The zero-order valence-corrected chi connectivity index (χ0v) is 20.1. The maximum atomic E-state index is 14.0. The van der Waals surface area contributed by atoms with E-state index >= 15 is 0 Å². The molecule has 35 heavy (non-hydrogen) atoms. The molecule has 1 aliphatic rings. The van der Waals surface area contributed by atoms with E-state index in [1.807, 2.05) is 72.8 Å². The first-order valence-corrected chi connectivity index (χ1v) is 12.3. The van der Waals surface area contributed by atoms with Crippen LogP contribution in [0.3, 0.4) is 0 Å². The summed E-state index contributed by atoms with van der Waals surface area (Å²) in [7, 11) is 2.15. The smallest absolute Gasteiger partial charge is 0.318 e. The van der Waals surface area contributed by atoms with Gasteiger partial charge in [0.2, 0.25) is 0 Å². The molecule has 3 heteroatoms. The van der Waals surface area contributed by atoms with Crippen LogP contribution in [-0.4, -0.2) is 37.1 Å². The van der Waals surface area contributed by atoms with Crippen LogP contribution >= 0.6 is 0 Å². The standard InChI is InChI=1S/C32H31NO2/c1-33-23-22-29(32(24-33,27-18-10-4-11-19-27)28-20-12-5-13-21-28)35-31(34)30(25-14-6-2-7-15-25)26-16-8-3-9-17-26/h2-21,29-30H,22-24H2,1H3. The Morgan fingerprint density at radius 1 is 0.743 bits per heavy atom. The van der Waals surface area contributed by atoms with E-state index in [1.54, 1.807) is 0 Å². The Hall–Kier alpha value is -3.69. The molecule has 4 aromatic carbocycles. The van der Waals surface area contributed by atoms with Gasteiger partial charge in [-0.25, -0.2) is 0 Å². The molecule has 0 aromatic heterocycles. The number of benzene rings is 4. The number of likely N-dealkylation sites (tertiary alicyclic amines) is 1. The molecule has 0 aliphatic carbocycles. The summed E-state index contributed by atoms with van der Waals surface area (Å²) in [5.74, 6) is -0.672. The van der Waals surface area contributed by atoms with Crippen LogP contribution in [0, 0.1) is 0 Å². The summed E-state index contributed by atoms with van der Waals surface area (Å²) < 4.78 is 6.57. The van der Waals surface area contributed by atoms with E-state index < -0.39 is 11.3 Å². The van der Waals surface area contributed by atoms with E-state index in [0.717, 1.165) is 30.6 Å². The fourth-order valence-corrected chi connectivity index (χ4v) is 5.51.